The molecule has 0 N–H and O–H groups in total. The fraction of sp³-hybridized carbons (Fsp3) is 0.308. The van der Waals surface area contributed by atoms with E-state index in [-0.39, 0.29) is 5.78 Å². The summed E-state index contributed by atoms with van der Waals surface area (Å²) in [5.41, 5.74) is 2.11. The number of rotatable bonds is 5. The molecule has 0 fully saturated rings. The van der Waals surface area contributed by atoms with Gasteiger partial charge in [0.2, 0.25) is 0 Å². The molecule has 0 atom stereocenters. The van der Waals surface area contributed by atoms with Gasteiger partial charge in [0.05, 0.1) is 0 Å². The van der Waals surface area contributed by atoms with Crippen molar-refractivity contribution in [3.8, 4) is 0 Å². The van der Waals surface area contributed by atoms with Crippen LogP contribution in [0.3, 0.4) is 0 Å². The highest BCUT2D eigenvalue weighted by Gasteiger charge is 2.11. The molecular weight excluding hydrogens is 236 g/mol. The monoisotopic (exact) mass is 252 g/mol. The lowest BCUT2D eigenvalue weighted by atomic mass is 10.0. The van der Waals surface area contributed by atoms with Crippen LogP contribution in [0, 0.1) is 0 Å². The summed E-state index contributed by atoms with van der Waals surface area (Å²) >= 11 is 3.29. The molecule has 0 radical (unpaired) electrons. The van der Waals surface area contributed by atoms with Gasteiger partial charge in [-0.2, -0.15) is 0 Å². The Balaban J connectivity index is 2.97. The molecule has 1 rings (SSSR count). The van der Waals surface area contributed by atoms with Gasteiger partial charge in [0, 0.05) is 16.2 Å². The van der Waals surface area contributed by atoms with E-state index in [1.165, 1.54) is 5.56 Å². The average Bonchev–Trinajstić information content (AvgIpc) is 2.30. The van der Waals surface area contributed by atoms with Crippen molar-refractivity contribution in [2.24, 2.45) is 0 Å². The van der Waals surface area contributed by atoms with Gasteiger partial charge in [-0.25, -0.2) is 0 Å². The molecule has 0 aliphatic rings. The number of allylic oxidation sites excluding steroid dienone is 1. The van der Waals surface area contributed by atoms with E-state index in [0.29, 0.717) is 0 Å². The zero-order valence-electron chi connectivity index (χ0n) is 9.82. The molecule has 1 aromatic rings. The predicted octanol–water partition coefficient (Wildman–Crippen LogP) is 3.76. The summed E-state index contributed by atoms with van der Waals surface area (Å²) < 4.78 is 1.12. The zero-order chi connectivity index (χ0) is 12.0. The second-order valence-corrected chi connectivity index (χ2v) is 5.28. The number of Topliss-reactive ketones (excluding diaryl/α,β-unsaturated/α-hetero) is 1. The Morgan fingerprint density at radius 1 is 1.12 bits per heavy atom. The van der Waals surface area contributed by atoms with Gasteiger partial charge in [-0.15, -0.1) is 23.5 Å². The Hall–Kier alpha value is -0.670. The van der Waals surface area contributed by atoms with Gasteiger partial charge in [0.25, 0.3) is 0 Å². The van der Waals surface area contributed by atoms with E-state index < -0.39 is 0 Å². The smallest absolute Gasteiger partial charge is 0.157 e. The first-order chi connectivity index (χ1) is 7.69. The quantitative estimate of drug-likeness (QED) is 0.743. The molecule has 0 unspecified atom stereocenters. The first-order valence-electron chi connectivity index (χ1n) is 5.05. The highest BCUT2D eigenvalue weighted by atomic mass is 32.2. The maximum Gasteiger partial charge on any atom is 0.157 e. The third-order valence-corrected chi connectivity index (χ3v) is 4.50. The van der Waals surface area contributed by atoms with Gasteiger partial charge in [0.1, 0.15) is 0 Å². The van der Waals surface area contributed by atoms with Crippen molar-refractivity contribution in [2.45, 2.75) is 13.3 Å². The van der Waals surface area contributed by atoms with Crippen molar-refractivity contribution < 1.29 is 4.79 Å². The minimum absolute atomic E-state index is 0.169. The van der Waals surface area contributed by atoms with Crippen LogP contribution in [0.1, 0.15) is 12.5 Å². The minimum Gasteiger partial charge on any atom is -0.295 e. The third-order valence-electron chi connectivity index (χ3n) is 2.27. The van der Waals surface area contributed by atoms with Gasteiger partial charge >= 0.3 is 0 Å². The van der Waals surface area contributed by atoms with Gasteiger partial charge in [-0.1, -0.05) is 30.3 Å². The highest BCUT2D eigenvalue weighted by Crippen LogP contribution is 2.29. The number of carbonyl (C=O) groups is 1. The van der Waals surface area contributed by atoms with E-state index in [9.17, 15) is 4.79 Å². The Kier molecular flexibility index (Phi) is 5.71. The topological polar surface area (TPSA) is 17.1 Å². The first kappa shape index (κ1) is 13.4. The average molecular weight is 252 g/mol. The normalized spacial score (nSPS) is 9.94. The number of hydrogen-bond acceptors (Lipinski definition) is 3. The summed E-state index contributed by atoms with van der Waals surface area (Å²) in [4.78, 5) is 11.6. The van der Waals surface area contributed by atoms with Crippen LogP contribution in [-0.4, -0.2) is 18.3 Å². The van der Waals surface area contributed by atoms with Gasteiger partial charge in [-0.05, 0) is 25.0 Å². The van der Waals surface area contributed by atoms with Crippen LogP contribution < -0.4 is 0 Å². The molecule has 1 aromatic carbocycles. The zero-order valence-corrected chi connectivity index (χ0v) is 11.5. The second kappa shape index (κ2) is 6.81. The number of ketones is 1. The van der Waals surface area contributed by atoms with E-state index in [1.54, 1.807) is 30.4 Å². The largest absolute Gasteiger partial charge is 0.295 e. The molecule has 0 aliphatic heterocycles. The molecule has 16 heavy (non-hydrogen) atoms. The summed E-state index contributed by atoms with van der Waals surface area (Å²) in [5, 5.41) is 0. The van der Waals surface area contributed by atoms with E-state index >= 15 is 0 Å². The van der Waals surface area contributed by atoms with E-state index in [1.807, 2.05) is 30.7 Å². The van der Waals surface area contributed by atoms with Crippen LogP contribution in [0.5, 0.6) is 0 Å². The standard InChI is InChI=1S/C13H16OS2/c1-10(14)12(13(15-2)16-3)9-11-7-5-4-6-8-11/h4-8H,9H2,1-3H3. The van der Waals surface area contributed by atoms with Crippen LogP contribution in [0.2, 0.25) is 0 Å². The number of benzene rings is 1. The van der Waals surface area contributed by atoms with Crippen molar-refractivity contribution in [2.75, 3.05) is 12.5 Å². The lowest BCUT2D eigenvalue weighted by Crippen LogP contribution is -2.02. The summed E-state index contributed by atoms with van der Waals surface area (Å²) in [6.07, 6.45) is 4.76. The fourth-order valence-corrected chi connectivity index (χ4v) is 3.06. The summed E-state index contributed by atoms with van der Waals surface area (Å²) in [7, 11) is 0. The second-order valence-electron chi connectivity index (χ2n) is 3.39. The predicted molar refractivity (Wildman–Crippen MR) is 74.9 cm³/mol. The molecule has 0 aromatic heterocycles. The van der Waals surface area contributed by atoms with E-state index in [0.717, 1.165) is 16.2 Å². The lowest BCUT2D eigenvalue weighted by Gasteiger charge is -2.09. The van der Waals surface area contributed by atoms with Crippen molar-refractivity contribution in [3.05, 3.63) is 45.7 Å². The van der Waals surface area contributed by atoms with Crippen LogP contribution in [-0.2, 0) is 11.2 Å². The number of carbonyl (C=O) groups excluding carboxylic acids is 1. The minimum atomic E-state index is 0.169. The van der Waals surface area contributed by atoms with Gasteiger partial charge in [-0.3, -0.25) is 4.79 Å². The van der Waals surface area contributed by atoms with Crippen LogP contribution in [0.4, 0.5) is 0 Å². The molecule has 0 spiro atoms. The molecule has 3 heteroatoms. The first-order valence-corrected chi connectivity index (χ1v) is 7.50. The third kappa shape index (κ3) is 3.72. The maximum atomic E-state index is 11.6. The fourth-order valence-electron chi connectivity index (χ4n) is 1.47. The molecule has 0 saturated carbocycles. The van der Waals surface area contributed by atoms with Crippen molar-refractivity contribution in [3.63, 3.8) is 0 Å². The van der Waals surface area contributed by atoms with Crippen molar-refractivity contribution in [1.82, 2.24) is 0 Å². The SMILES string of the molecule is CSC(SC)=C(Cc1ccccc1)C(C)=O. The van der Waals surface area contributed by atoms with E-state index in [4.69, 9.17) is 0 Å². The molecule has 0 bridgehead atoms. The molecule has 0 heterocycles. The van der Waals surface area contributed by atoms with E-state index in [2.05, 4.69) is 12.1 Å². The Morgan fingerprint density at radius 2 is 1.69 bits per heavy atom. The maximum absolute atomic E-state index is 11.6. The molecule has 1 nitrogen and oxygen atoms in total. The van der Waals surface area contributed by atoms with Crippen molar-refractivity contribution >= 4 is 29.3 Å². The Bertz CT molecular complexity index is 376. The number of thioether (sulfide) groups is 2. The highest BCUT2D eigenvalue weighted by molar-refractivity contribution is 8.21. The van der Waals surface area contributed by atoms with Gasteiger partial charge in [0.15, 0.2) is 5.78 Å². The Morgan fingerprint density at radius 3 is 2.12 bits per heavy atom. The van der Waals surface area contributed by atoms with Crippen molar-refractivity contribution in [1.29, 1.82) is 0 Å². The molecule has 0 aliphatic carbocycles. The van der Waals surface area contributed by atoms with Crippen LogP contribution in [0.25, 0.3) is 0 Å². The van der Waals surface area contributed by atoms with Crippen LogP contribution >= 0.6 is 23.5 Å². The van der Waals surface area contributed by atoms with Crippen LogP contribution in [0.15, 0.2) is 40.1 Å². The number of hydrogen-bond donors (Lipinski definition) is 0. The molecule has 86 valence electrons. The molecule has 0 saturated heterocycles. The molecular formula is C13H16OS2. The summed E-state index contributed by atoms with van der Waals surface area (Å²) in [6.45, 7) is 1.64. The lowest BCUT2D eigenvalue weighted by molar-refractivity contribution is -0.113. The Labute approximate surface area is 106 Å². The summed E-state index contributed by atoms with van der Waals surface area (Å²) in [6, 6.07) is 10.1. The molecule has 0 amide bonds. The summed E-state index contributed by atoms with van der Waals surface area (Å²) in [5.74, 6) is 0.169. The van der Waals surface area contributed by atoms with Gasteiger partial charge < -0.3 is 0 Å².